The number of hydrogen-bond donors (Lipinski definition) is 1. The number of Topliss-reactive ketones (excluding diaryl/α,β-unsaturated/α-hetero) is 1. The fraction of sp³-hybridized carbons (Fsp3) is 0.368. The van der Waals surface area contributed by atoms with Gasteiger partial charge in [0, 0.05) is 23.2 Å². The number of benzene rings is 1. The molecule has 2 aromatic rings. The van der Waals surface area contributed by atoms with Crippen molar-refractivity contribution < 1.29 is 18.3 Å². The largest absolute Gasteiger partial charge is 0.473 e. The van der Waals surface area contributed by atoms with Crippen molar-refractivity contribution in [1.29, 1.82) is 0 Å². The molecule has 1 aromatic heterocycles. The first-order chi connectivity index (χ1) is 12.0. The van der Waals surface area contributed by atoms with Crippen molar-refractivity contribution in [3.05, 3.63) is 58.8 Å². The summed E-state index contributed by atoms with van der Waals surface area (Å²) >= 11 is 0. The molecule has 1 fully saturated rings. The third-order valence-electron chi connectivity index (χ3n) is 4.41. The van der Waals surface area contributed by atoms with Crippen LogP contribution in [0.5, 0.6) is 5.88 Å². The highest BCUT2D eigenvalue weighted by atomic mass is 19.1. The van der Waals surface area contributed by atoms with Crippen LogP contribution in [0.25, 0.3) is 0 Å². The quantitative estimate of drug-likeness (QED) is 0.841. The monoisotopic (exact) mass is 346 g/mol. The lowest BCUT2D eigenvalue weighted by Gasteiger charge is -2.22. The Morgan fingerprint density at radius 3 is 2.56 bits per heavy atom. The van der Waals surface area contributed by atoms with Crippen LogP contribution in [-0.4, -0.2) is 23.9 Å². The van der Waals surface area contributed by atoms with E-state index >= 15 is 0 Å². The molecule has 25 heavy (non-hydrogen) atoms. The molecule has 0 bridgehead atoms. The number of pyridine rings is 1. The topological polar surface area (TPSA) is 51.2 Å². The lowest BCUT2D eigenvalue weighted by Crippen LogP contribution is -2.27. The van der Waals surface area contributed by atoms with E-state index in [1.807, 2.05) is 12.1 Å². The zero-order valence-electron chi connectivity index (χ0n) is 14.0. The van der Waals surface area contributed by atoms with Crippen molar-refractivity contribution in [1.82, 2.24) is 10.3 Å². The first kappa shape index (κ1) is 17.5. The van der Waals surface area contributed by atoms with E-state index in [1.165, 1.54) is 6.92 Å². The Balaban J connectivity index is 1.72. The molecule has 2 heterocycles. The number of piperidine rings is 1. The second-order valence-electron chi connectivity index (χ2n) is 6.19. The van der Waals surface area contributed by atoms with Crippen LogP contribution in [0.1, 0.15) is 47.3 Å². The molecular formula is C19H20F2N2O2. The first-order valence-electron chi connectivity index (χ1n) is 8.34. The fourth-order valence-corrected chi connectivity index (χ4v) is 2.95. The molecule has 4 nitrogen and oxygen atoms in total. The fourth-order valence-electron chi connectivity index (χ4n) is 2.95. The normalized spacial score (nSPS) is 15.2. The highest BCUT2D eigenvalue weighted by Crippen LogP contribution is 2.25. The van der Waals surface area contributed by atoms with E-state index in [2.05, 4.69) is 10.3 Å². The minimum atomic E-state index is -0.792. The third kappa shape index (κ3) is 4.20. The second kappa shape index (κ2) is 7.70. The molecule has 0 spiro atoms. The van der Waals surface area contributed by atoms with Gasteiger partial charge in [-0.05, 0) is 51.1 Å². The summed E-state index contributed by atoms with van der Waals surface area (Å²) in [6, 6.07) is 7.52. The molecule has 6 heteroatoms. The van der Waals surface area contributed by atoms with E-state index in [4.69, 9.17) is 4.74 Å². The average molecular weight is 346 g/mol. The summed E-state index contributed by atoms with van der Waals surface area (Å²) in [6.45, 7) is 2.89. The van der Waals surface area contributed by atoms with Crippen molar-refractivity contribution in [3.63, 3.8) is 0 Å². The number of nitrogens with zero attached hydrogens (tertiary/aromatic N) is 1. The van der Waals surface area contributed by atoms with Gasteiger partial charge in [-0.25, -0.2) is 13.8 Å². The predicted octanol–water partition coefficient (Wildman–Crippen LogP) is 3.61. The van der Waals surface area contributed by atoms with Gasteiger partial charge in [-0.2, -0.15) is 0 Å². The van der Waals surface area contributed by atoms with Gasteiger partial charge in [-0.1, -0.05) is 6.07 Å². The molecule has 1 saturated heterocycles. The van der Waals surface area contributed by atoms with Crippen LogP contribution in [0, 0.1) is 11.6 Å². The maximum absolute atomic E-state index is 14.0. The molecule has 0 radical (unpaired) electrons. The standard InChI is InChI=1S/C19H20F2N2O2/c1-12(24)14-9-16(20)15(17(21)10-14)11-25-19-4-2-3-18(23-19)13-5-7-22-8-6-13/h2-4,9-10,13,22H,5-8,11H2,1H3. The van der Waals surface area contributed by atoms with Crippen LogP contribution >= 0.6 is 0 Å². The Morgan fingerprint density at radius 1 is 1.24 bits per heavy atom. The molecule has 0 unspecified atom stereocenters. The van der Waals surface area contributed by atoms with Crippen molar-refractivity contribution in [2.45, 2.75) is 32.3 Å². The van der Waals surface area contributed by atoms with Crippen LogP contribution < -0.4 is 10.1 Å². The van der Waals surface area contributed by atoms with Gasteiger partial charge in [0.05, 0.1) is 5.56 Å². The van der Waals surface area contributed by atoms with Crippen molar-refractivity contribution >= 4 is 5.78 Å². The molecule has 132 valence electrons. The number of carbonyl (C=O) groups is 1. The maximum atomic E-state index is 14.0. The lowest BCUT2D eigenvalue weighted by molar-refractivity contribution is 0.101. The Hall–Kier alpha value is -2.34. The van der Waals surface area contributed by atoms with Gasteiger partial charge >= 0.3 is 0 Å². The van der Waals surface area contributed by atoms with Gasteiger partial charge in [0.1, 0.15) is 18.2 Å². The van der Waals surface area contributed by atoms with Crippen LogP contribution in [0.2, 0.25) is 0 Å². The minimum Gasteiger partial charge on any atom is -0.473 e. The van der Waals surface area contributed by atoms with Crippen molar-refractivity contribution in [2.75, 3.05) is 13.1 Å². The van der Waals surface area contributed by atoms with E-state index < -0.39 is 11.6 Å². The molecule has 1 N–H and O–H groups in total. The summed E-state index contributed by atoms with van der Waals surface area (Å²) in [7, 11) is 0. The maximum Gasteiger partial charge on any atom is 0.213 e. The number of ketones is 1. The lowest BCUT2D eigenvalue weighted by atomic mass is 9.94. The van der Waals surface area contributed by atoms with Crippen molar-refractivity contribution in [2.24, 2.45) is 0 Å². The van der Waals surface area contributed by atoms with Gasteiger partial charge in [0.15, 0.2) is 5.78 Å². The molecule has 1 aromatic carbocycles. The van der Waals surface area contributed by atoms with Crippen LogP contribution in [-0.2, 0) is 6.61 Å². The van der Waals surface area contributed by atoms with Gasteiger partial charge in [0.25, 0.3) is 0 Å². The average Bonchev–Trinajstić information content (AvgIpc) is 2.62. The number of nitrogens with one attached hydrogen (secondary N) is 1. The van der Waals surface area contributed by atoms with E-state index in [0.717, 1.165) is 43.8 Å². The number of ether oxygens (including phenoxy) is 1. The highest BCUT2D eigenvalue weighted by Gasteiger charge is 2.18. The Morgan fingerprint density at radius 2 is 1.92 bits per heavy atom. The highest BCUT2D eigenvalue weighted by molar-refractivity contribution is 5.94. The molecule has 1 aliphatic rings. The second-order valence-corrected chi connectivity index (χ2v) is 6.19. The Kier molecular flexibility index (Phi) is 5.38. The molecular weight excluding hydrogens is 326 g/mol. The third-order valence-corrected chi connectivity index (χ3v) is 4.41. The zero-order chi connectivity index (χ0) is 17.8. The summed E-state index contributed by atoms with van der Waals surface area (Å²) in [5.74, 6) is -1.26. The number of rotatable bonds is 5. The summed E-state index contributed by atoms with van der Waals surface area (Å²) in [5, 5.41) is 3.30. The SMILES string of the molecule is CC(=O)c1cc(F)c(COc2cccc(C3CCNCC3)n2)c(F)c1. The van der Waals surface area contributed by atoms with Crippen LogP contribution in [0.15, 0.2) is 30.3 Å². The Bertz CT molecular complexity index is 751. The number of hydrogen-bond acceptors (Lipinski definition) is 4. The smallest absolute Gasteiger partial charge is 0.213 e. The van der Waals surface area contributed by atoms with Crippen LogP contribution in [0.3, 0.4) is 0 Å². The molecule has 0 amide bonds. The van der Waals surface area contributed by atoms with E-state index in [-0.39, 0.29) is 23.5 Å². The summed E-state index contributed by atoms with van der Waals surface area (Å²) in [6.07, 6.45) is 2.01. The van der Waals surface area contributed by atoms with Gasteiger partial charge in [0.2, 0.25) is 5.88 Å². The van der Waals surface area contributed by atoms with Crippen LogP contribution in [0.4, 0.5) is 8.78 Å². The summed E-state index contributed by atoms with van der Waals surface area (Å²) < 4.78 is 33.6. The molecule has 0 aliphatic carbocycles. The van der Waals surface area contributed by atoms with E-state index in [1.54, 1.807) is 6.07 Å². The molecule has 1 aliphatic heterocycles. The Labute approximate surface area is 145 Å². The first-order valence-corrected chi connectivity index (χ1v) is 8.34. The van der Waals surface area contributed by atoms with Crippen molar-refractivity contribution in [3.8, 4) is 5.88 Å². The molecule has 0 atom stereocenters. The van der Waals surface area contributed by atoms with E-state index in [9.17, 15) is 13.6 Å². The summed E-state index contributed by atoms with van der Waals surface area (Å²) in [5.41, 5.74) is 0.732. The number of aromatic nitrogens is 1. The van der Waals surface area contributed by atoms with Gasteiger partial charge < -0.3 is 10.1 Å². The minimum absolute atomic E-state index is 0.00443. The van der Waals surface area contributed by atoms with Gasteiger partial charge in [-0.3, -0.25) is 4.79 Å². The zero-order valence-corrected chi connectivity index (χ0v) is 14.0. The molecule has 3 rings (SSSR count). The predicted molar refractivity (Wildman–Crippen MR) is 89.8 cm³/mol. The number of halogens is 2. The van der Waals surface area contributed by atoms with E-state index in [0.29, 0.717) is 11.8 Å². The van der Waals surface area contributed by atoms with Gasteiger partial charge in [-0.15, -0.1) is 0 Å². The number of carbonyl (C=O) groups excluding carboxylic acids is 1. The molecule has 0 saturated carbocycles. The summed E-state index contributed by atoms with van der Waals surface area (Å²) in [4.78, 5) is 15.7.